The highest BCUT2D eigenvalue weighted by Crippen LogP contribution is 2.37. The molecule has 3 nitrogen and oxygen atoms in total. The Bertz CT molecular complexity index is 586. The van der Waals surface area contributed by atoms with Crippen LogP contribution in [0, 0.1) is 5.92 Å². The molecule has 1 aromatic rings. The van der Waals surface area contributed by atoms with Gasteiger partial charge in [0.15, 0.2) is 6.10 Å². The maximum absolute atomic E-state index is 13.0. The summed E-state index contributed by atoms with van der Waals surface area (Å²) in [6.45, 7) is 0.900. The lowest BCUT2D eigenvalue weighted by molar-refractivity contribution is -0.144. The molecule has 0 N–H and O–H groups in total. The lowest BCUT2D eigenvalue weighted by Crippen LogP contribution is -2.53. The van der Waals surface area contributed by atoms with E-state index < -0.39 is 0 Å². The minimum atomic E-state index is -0.353. The molecule has 0 bridgehead atoms. The molecule has 4 heteroatoms. The Morgan fingerprint density at radius 1 is 1.18 bits per heavy atom. The molecule has 2 aliphatic heterocycles. The van der Waals surface area contributed by atoms with Crippen LogP contribution in [0.25, 0.3) is 0 Å². The number of hydrogen-bond donors (Lipinski definition) is 0. The average Bonchev–Trinajstić information content (AvgIpc) is 2.96. The van der Waals surface area contributed by atoms with Crippen molar-refractivity contribution >= 4 is 17.5 Å². The highest BCUT2D eigenvalue weighted by Gasteiger charge is 2.40. The van der Waals surface area contributed by atoms with Crippen molar-refractivity contribution in [1.82, 2.24) is 4.90 Å². The van der Waals surface area contributed by atoms with Crippen molar-refractivity contribution in [3.05, 3.63) is 28.8 Å². The van der Waals surface area contributed by atoms with Gasteiger partial charge in [-0.15, -0.1) is 0 Å². The fraction of sp³-hybridized carbons (Fsp3) is 0.611. The van der Waals surface area contributed by atoms with Crippen LogP contribution in [0.15, 0.2) is 18.2 Å². The minimum absolute atomic E-state index is 0.184. The Morgan fingerprint density at radius 3 is 2.91 bits per heavy atom. The number of rotatable bonds is 1. The highest BCUT2D eigenvalue weighted by atomic mass is 35.5. The zero-order valence-corrected chi connectivity index (χ0v) is 13.5. The van der Waals surface area contributed by atoms with Gasteiger partial charge >= 0.3 is 0 Å². The molecular formula is C18H22ClNO2. The van der Waals surface area contributed by atoms with E-state index in [9.17, 15) is 4.79 Å². The average molecular weight is 320 g/mol. The minimum Gasteiger partial charge on any atom is -0.480 e. The van der Waals surface area contributed by atoms with Crippen LogP contribution < -0.4 is 4.74 Å². The third kappa shape index (κ3) is 2.50. The van der Waals surface area contributed by atoms with Gasteiger partial charge in [-0.1, -0.05) is 24.4 Å². The third-order valence-electron chi connectivity index (χ3n) is 5.50. The summed E-state index contributed by atoms with van der Waals surface area (Å²) in [6, 6.07) is 6.07. The summed E-state index contributed by atoms with van der Waals surface area (Å²) in [5, 5.41) is 0.709. The SMILES string of the molecule is O=C([C@@H]1Cc2cc(Cl)ccc2O1)N1CCC[C@@H]2CCCC[C@@H]21. The van der Waals surface area contributed by atoms with Gasteiger partial charge in [-0.05, 0) is 55.4 Å². The van der Waals surface area contributed by atoms with Crippen molar-refractivity contribution in [2.75, 3.05) is 6.54 Å². The van der Waals surface area contributed by atoms with E-state index in [-0.39, 0.29) is 12.0 Å². The standard InChI is InChI=1S/C18H22ClNO2/c19-14-7-8-16-13(10-14)11-17(22-16)18(21)20-9-3-5-12-4-1-2-6-15(12)20/h7-8,10,12,15,17H,1-6,9,11H2/t12-,15-,17-/m0/s1. The fourth-order valence-corrected chi connectivity index (χ4v) is 4.63. The Hall–Kier alpha value is -1.22. The lowest BCUT2D eigenvalue weighted by Gasteiger charge is -2.44. The van der Waals surface area contributed by atoms with E-state index in [4.69, 9.17) is 16.3 Å². The van der Waals surface area contributed by atoms with E-state index >= 15 is 0 Å². The van der Waals surface area contributed by atoms with E-state index in [0.29, 0.717) is 23.4 Å². The fourth-order valence-electron chi connectivity index (χ4n) is 4.44. The first-order valence-corrected chi connectivity index (χ1v) is 8.86. The number of halogens is 1. The van der Waals surface area contributed by atoms with Gasteiger partial charge in [0.1, 0.15) is 5.75 Å². The number of amides is 1. The molecular weight excluding hydrogens is 298 g/mol. The van der Waals surface area contributed by atoms with Crippen LogP contribution >= 0.6 is 11.6 Å². The van der Waals surface area contributed by atoms with E-state index in [2.05, 4.69) is 4.90 Å². The van der Waals surface area contributed by atoms with Gasteiger partial charge in [0.25, 0.3) is 5.91 Å². The van der Waals surface area contributed by atoms with Crippen LogP contribution in [-0.4, -0.2) is 29.5 Å². The van der Waals surface area contributed by atoms with Gasteiger partial charge in [-0.3, -0.25) is 4.79 Å². The monoisotopic (exact) mass is 319 g/mol. The molecule has 0 spiro atoms. The van der Waals surface area contributed by atoms with Gasteiger partial charge in [0, 0.05) is 24.0 Å². The lowest BCUT2D eigenvalue weighted by atomic mass is 9.78. The molecule has 3 aliphatic rings. The normalized spacial score (nSPS) is 30.4. The number of ether oxygens (including phenoxy) is 1. The molecule has 0 aromatic heterocycles. The molecule has 0 unspecified atom stereocenters. The summed E-state index contributed by atoms with van der Waals surface area (Å²) in [7, 11) is 0. The van der Waals surface area contributed by atoms with E-state index in [1.807, 2.05) is 18.2 Å². The quantitative estimate of drug-likeness (QED) is 0.787. The molecule has 1 saturated carbocycles. The molecule has 4 rings (SSSR count). The maximum atomic E-state index is 13.0. The van der Waals surface area contributed by atoms with Crippen molar-refractivity contribution in [1.29, 1.82) is 0 Å². The maximum Gasteiger partial charge on any atom is 0.264 e. The second-order valence-corrected chi connectivity index (χ2v) is 7.28. The smallest absolute Gasteiger partial charge is 0.264 e. The number of hydrogen-bond acceptors (Lipinski definition) is 2. The first-order valence-electron chi connectivity index (χ1n) is 8.48. The van der Waals surface area contributed by atoms with Crippen LogP contribution in [0.5, 0.6) is 5.75 Å². The molecule has 1 saturated heterocycles. The van der Waals surface area contributed by atoms with Crippen molar-refractivity contribution in [2.45, 2.75) is 57.1 Å². The van der Waals surface area contributed by atoms with Gasteiger partial charge in [-0.2, -0.15) is 0 Å². The number of likely N-dealkylation sites (tertiary alicyclic amines) is 1. The summed E-state index contributed by atoms with van der Waals surface area (Å²) in [5.41, 5.74) is 1.06. The number of carbonyl (C=O) groups is 1. The predicted molar refractivity (Wildman–Crippen MR) is 86.3 cm³/mol. The largest absolute Gasteiger partial charge is 0.480 e. The summed E-state index contributed by atoms with van der Waals surface area (Å²) >= 11 is 6.04. The van der Waals surface area contributed by atoms with Crippen molar-refractivity contribution in [3.8, 4) is 5.75 Å². The van der Waals surface area contributed by atoms with Gasteiger partial charge in [0.2, 0.25) is 0 Å². The second kappa shape index (κ2) is 5.77. The Kier molecular flexibility index (Phi) is 3.77. The Labute approximate surface area is 136 Å². The molecule has 2 heterocycles. The van der Waals surface area contributed by atoms with Crippen molar-refractivity contribution in [3.63, 3.8) is 0 Å². The molecule has 0 radical (unpaired) electrons. The summed E-state index contributed by atoms with van der Waals surface area (Å²) in [4.78, 5) is 15.1. The number of nitrogens with zero attached hydrogens (tertiary/aromatic N) is 1. The zero-order chi connectivity index (χ0) is 15.1. The summed E-state index contributed by atoms with van der Waals surface area (Å²) < 4.78 is 5.91. The number of fused-ring (bicyclic) bond motifs is 2. The van der Waals surface area contributed by atoms with Crippen LogP contribution in [-0.2, 0) is 11.2 Å². The number of carbonyl (C=O) groups excluding carboxylic acids is 1. The van der Waals surface area contributed by atoms with Gasteiger partial charge < -0.3 is 9.64 Å². The molecule has 2 fully saturated rings. The Morgan fingerprint density at radius 2 is 2.00 bits per heavy atom. The predicted octanol–water partition coefficient (Wildman–Crippen LogP) is 3.82. The second-order valence-electron chi connectivity index (χ2n) is 6.85. The topological polar surface area (TPSA) is 29.5 Å². The van der Waals surface area contributed by atoms with Crippen LogP contribution in [0.3, 0.4) is 0 Å². The van der Waals surface area contributed by atoms with Crippen LogP contribution in [0.4, 0.5) is 0 Å². The number of benzene rings is 1. The van der Waals surface area contributed by atoms with Crippen LogP contribution in [0.1, 0.15) is 44.1 Å². The first-order chi connectivity index (χ1) is 10.7. The van der Waals surface area contributed by atoms with E-state index in [0.717, 1.165) is 24.3 Å². The Balaban J connectivity index is 1.50. The molecule has 3 atom stereocenters. The van der Waals surface area contributed by atoms with Crippen LogP contribution in [0.2, 0.25) is 5.02 Å². The van der Waals surface area contributed by atoms with Gasteiger partial charge in [0.05, 0.1) is 0 Å². The molecule has 118 valence electrons. The van der Waals surface area contributed by atoms with Crippen molar-refractivity contribution < 1.29 is 9.53 Å². The summed E-state index contributed by atoms with van der Waals surface area (Å²) in [6.07, 6.45) is 7.77. The molecule has 1 amide bonds. The van der Waals surface area contributed by atoms with E-state index in [1.54, 1.807) is 0 Å². The van der Waals surface area contributed by atoms with Crippen molar-refractivity contribution in [2.24, 2.45) is 5.92 Å². The molecule has 1 aromatic carbocycles. The zero-order valence-electron chi connectivity index (χ0n) is 12.8. The highest BCUT2D eigenvalue weighted by molar-refractivity contribution is 6.30. The molecule has 22 heavy (non-hydrogen) atoms. The number of piperidine rings is 1. The first kappa shape index (κ1) is 14.4. The van der Waals surface area contributed by atoms with E-state index in [1.165, 1.54) is 32.1 Å². The third-order valence-corrected chi connectivity index (χ3v) is 5.73. The summed E-state index contributed by atoms with van der Waals surface area (Å²) in [5.74, 6) is 1.72. The van der Waals surface area contributed by atoms with Gasteiger partial charge in [-0.25, -0.2) is 0 Å². The molecule has 1 aliphatic carbocycles.